The second-order valence-corrected chi connectivity index (χ2v) is 5.64. The number of morpholine rings is 1. The summed E-state index contributed by atoms with van der Waals surface area (Å²) in [7, 11) is 0. The molecule has 1 aromatic rings. The molecule has 112 valence electrons. The summed E-state index contributed by atoms with van der Waals surface area (Å²) in [6.07, 6.45) is 1.07. The molecule has 1 fully saturated rings. The maximum Gasteiger partial charge on any atom is 0.261 e. The summed E-state index contributed by atoms with van der Waals surface area (Å²) in [5.74, 6) is -0.322. The lowest BCUT2D eigenvalue weighted by atomic mass is 10.1. The smallest absolute Gasteiger partial charge is 0.261 e. The third kappa shape index (κ3) is 2.84. The lowest BCUT2D eigenvalue weighted by Crippen LogP contribution is -2.42. The molecular formula is C16H20N2O3. The maximum absolute atomic E-state index is 12.2. The summed E-state index contributed by atoms with van der Waals surface area (Å²) in [5, 5.41) is 0. The highest BCUT2D eigenvalue weighted by molar-refractivity contribution is 6.21. The van der Waals surface area contributed by atoms with E-state index in [1.165, 1.54) is 4.90 Å². The Morgan fingerprint density at radius 3 is 2.43 bits per heavy atom. The van der Waals surface area contributed by atoms with Crippen molar-refractivity contribution in [3.63, 3.8) is 0 Å². The van der Waals surface area contributed by atoms with Gasteiger partial charge in [-0.3, -0.25) is 19.4 Å². The van der Waals surface area contributed by atoms with Crippen molar-refractivity contribution in [1.82, 2.24) is 9.80 Å². The number of imide groups is 1. The molecule has 3 rings (SSSR count). The quantitative estimate of drug-likeness (QED) is 0.786. The fraction of sp³-hybridized carbons (Fsp3) is 0.500. The van der Waals surface area contributed by atoms with E-state index in [4.69, 9.17) is 4.74 Å². The molecule has 2 amide bonds. The van der Waals surface area contributed by atoms with Crippen molar-refractivity contribution in [3.05, 3.63) is 35.4 Å². The third-order valence-corrected chi connectivity index (χ3v) is 4.06. The number of amides is 2. The number of hydrogen-bond donors (Lipinski definition) is 0. The van der Waals surface area contributed by atoms with E-state index < -0.39 is 0 Å². The average Bonchev–Trinajstić information content (AvgIpc) is 2.73. The van der Waals surface area contributed by atoms with Gasteiger partial charge in [-0.2, -0.15) is 0 Å². The second kappa shape index (κ2) is 5.95. The van der Waals surface area contributed by atoms with E-state index in [1.807, 2.05) is 0 Å². The van der Waals surface area contributed by atoms with Crippen LogP contribution in [0, 0.1) is 0 Å². The molecule has 2 aliphatic rings. The minimum atomic E-state index is -0.161. The number of fused-ring (bicyclic) bond motifs is 1. The molecule has 0 N–H and O–H groups in total. The summed E-state index contributed by atoms with van der Waals surface area (Å²) < 4.78 is 5.50. The normalized spacial score (nSPS) is 22.7. The number of nitrogens with zero attached hydrogens (tertiary/aromatic N) is 2. The van der Waals surface area contributed by atoms with Gasteiger partial charge in [0.05, 0.1) is 23.8 Å². The number of rotatable bonds is 4. The van der Waals surface area contributed by atoms with Crippen molar-refractivity contribution in [2.75, 3.05) is 32.8 Å². The Kier molecular flexibility index (Phi) is 4.03. The molecule has 0 aromatic heterocycles. The summed E-state index contributed by atoms with van der Waals surface area (Å²) in [6, 6.07) is 7.03. The standard InChI is InChI=1S/C16H20N2O3/c1-12-11-17(9-10-21-12)7-4-8-18-15(19)13-5-2-3-6-14(13)16(18)20/h2-3,5-6,12H,4,7-11H2,1H3/t12-/m1/s1. The van der Waals surface area contributed by atoms with Gasteiger partial charge in [0.15, 0.2) is 0 Å². The first kappa shape index (κ1) is 14.2. The number of carbonyl (C=O) groups is 2. The van der Waals surface area contributed by atoms with E-state index in [0.717, 1.165) is 32.7 Å². The largest absolute Gasteiger partial charge is 0.376 e. The van der Waals surface area contributed by atoms with Crippen molar-refractivity contribution >= 4 is 11.8 Å². The lowest BCUT2D eigenvalue weighted by molar-refractivity contribution is -0.0189. The van der Waals surface area contributed by atoms with Crippen LogP contribution in [0.1, 0.15) is 34.1 Å². The van der Waals surface area contributed by atoms with Crippen LogP contribution in [0.5, 0.6) is 0 Å². The van der Waals surface area contributed by atoms with E-state index in [1.54, 1.807) is 24.3 Å². The molecule has 0 aliphatic carbocycles. The van der Waals surface area contributed by atoms with Crippen LogP contribution in [0.4, 0.5) is 0 Å². The van der Waals surface area contributed by atoms with Gasteiger partial charge in [-0.25, -0.2) is 0 Å². The van der Waals surface area contributed by atoms with Gasteiger partial charge in [0, 0.05) is 26.2 Å². The Morgan fingerprint density at radius 1 is 1.14 bits per heavy atom. The van der Waals surface area contributed by atoms with Crippen molar-refractivity contribution < 1.29 is 14.3 Å². The van der Waals surface area contributed by atoms with E-state index >= 15 is 0 Å². The summed E-state index contributed by atoms with van der Waals surface area (Å²) in [6.45, 7) is 6.04. The summed E-state index contributed by atoms with van der Waals surface area (Å²) >= 11 is 0. The molecule has 2 aliphatic heterocycles. The van der Waals surface area contributed by atoms with Gasteiger partial charge in [-0.1, -0.05) is 12.1 Å². The third-order valence-electron chi connectivity index (χ3n) is 4.06. The number of carbonyl (C=O) groups excluding carboxylic acids is 2. The number of benzene rings is 1. The van der Waals surface area contributed by atoms with E-state index in [2.05, 4.69) is 11.8 Å². The molecule has 21 heavy (non-hydrogen) atoms. The first-order valence-corrected chi connectivity index (χ1v) is 7.46. The van der Waals surface area contributed by atoms with Crippen LogP contribution in [0.25, 0.3) is 0 Å². The molecule has 1 aromatic carbocycles. The topological polar surface area (TPSA) is 49.9 Å². The van der Waals surface area contributed by atoms with Gasteiger partial charge >= 0.3 is 0 Å². The Bertz CT molecular complexity index is 523. The Balaban J connectivity index is 1.55. The summed E-state index contributed by atoms with van der Waals surface area (Å²) in [5.41, 5.74) is 1.06. The molecule has 1 saturated heterocycles. The minimum absolute atomic E-state index is 0.161. The zero-order valence-corrected chi connectivity index (χ0v) is 12.2. The zero-order valence-electron chi connectivity index (χ0n) is 12.2. The maximum atomic E-state index is 12.2. The van der Waals surface area contributed by atoms with E-state index in [9.17, 15) is 9.59 Å². The molecule has 5 nitrogen and oxygen atoms in total. The van der Waals surface area contributed by atoms with Crippen molar-refractivity contribution in [3.8, 4) is 0 Å². The van der Waals surface area contributed by atoms with Gasteiger partial charge in [-0.15, -0.1) is 0 Å². The molecule has 0 radical (unpaired) electrons. The highest BCUT2D eigenvalue weighted by atomic mass is 16.5. The van der Waals surface area contributed by atoms with E-state index in [0.29, 0.717) is 17.7 Å². The van der Waals surface area contributed by atoms with Gasteiger partial charge in [-0.05, 0) is 25.5 Å². The van der Waals surface area contributed by atoms with Crippen LogP contribution in [0.3, 0.4) is 0 Å². The summed E-state index contributed by atoms with van der Waals surface area (Å²) in [4.78, 5) is 28.1. The van der Waals surface area contributed by atoms with Crippen LogP contribution in [-0.2, 0) is 4.74 Å². The zero-order chi connectivity index (χ0) is 14.8. The van der Waals surface area contributed by atoms with E-state index in [-0.39, 0.29) is 17.9 Å². The highest BCUT2D eigenvalue weighted by Gasteiger charge is 2.34. The average molecular weight is 288 g/mol. The molecule has 2 heterocycles. The first-order valence-electron chi connectivity index (χ1n) is 7.46. The minimum Gasteiger partial charge on any atom is -0.376 e. The van der Waals surface area contributed by atoms with Gasteiger partial charge in [0.25, 0.3) is 11.8 Å². The van der Waals surface area contributed by atoms with Gasteiger partial charge < -0.3 is 4.74 Å². The molecular weight excluding hydrogens is 268 g/mol. The lowest BCUT2D eigenvalue weighted by Gasteiger charge is -2.31. The number of hydrogen-bond acceptors (Lipinski definition) is 4. The Morgan fingerprint density at radius 2 is 1.81 bits per heavy atom. The predicted molar refractivity (Wildman–Crippen MR) is 78.3 cm³/mol. The Labute approximate surface area is 124 Å². The van der Waals surface area contributed by atoms with Gasteiger partial charge in [0.2, 0.25) is 0 Å². The SMILES string of the molecule is C[C@@H]1CN(CCCN2C(=O)c3ccccc3C2=O)CCO1. The Hall–Kier alpha value is -1.72. The van der Waals surface area contributed by atoms with Crippen LogP contribution in [-0.4, -0.2) is 60.5 Å². The van der Waals surface area contributed by atoms with Crippen molar-refractivity contribution in [1.29, 1.82) is 0 Å². The molecule has 0 bridgehead atoms. The van der Waals surface area contributed by atoms with Gasteiger partial charge in [0.1, 0.15) is 0 Å². The van der Waals surface area contributed by atoms with Crippen molar-refractivity contribution in [2.45, 2.75) is 19.4 Å². The molecule has 1 atom stereocenters. The monoisotopic (exact) mass is 288 g/mol. The molecule has 5 heteroatoms. The second-order valence-electron chi connectivity index (χ2n) is 5.64. The molecule has 0 spiro atoms. The van der Waals surface area contributed by atoms with Crippen LogP contribution < -0.4 is 0 Å². The fourth-order valence-corrected chi connectivity index (χ4v) is 2.99. The first-order chi connectivity index (χ1) is 10.2. The van der Waals surface area contributed by atoms with Crippen LogP contribution in [0.2, 0.25) is 0 Å². The fourth-order valence-electron chi connectivity index (χ4n) is 2.99. The molecule has 0 unspecified atom stereocenters. The predicted octanol–water partition coefficient (Wildman–Crippen LogP) is 1.39. The van der Waals surface area contributed by atoms with Crippen LogP contribution >= 0.6 is 0 Å². The van der Waals surface area contributed by atoms with Crippen molar-refractivity contribution in [2.24, 2.45) is 0 Å². The highest BCUT2D eigenvalue weighted by Crippen LogP contribution is 2.22. The molecule has 0 saturated carbocycles. The number of ether oxygens (including phenoxy) is 1. The van der Waals surface area contributed by atoms with Crippen LogP contribution in [0.15, 0.2) is 24.3 Å².